The number of methoxy groups -OCH3 is 1. The third-order valence-corrected chi connectivity index (χ3v) is 4.09. The summed E-state index contributed by atoms with van der Waals surface area (Å²) in [6.45, 7) is 0.557. The zero-order valence-electron chi connectivity index (χ0n) is 10.6. The van der Waals surface area contributed by atoms with Crippen molar-refractivity contribution in [2.75, 3.05) is 7.11 Å². The van der Waals surface area contributed by atoms with Gasteiger partial charge in [-0.3, -0.25) is 4.79 Å². The molecule has 0 radical (unpaired) electrons. The topological polar surface area (TPSA) is 51.2 Å². The lowest BCUT2D eigenvalue weighted by Gasteiger charge is -2.12. The molecule has 2 aliphatic rings. The second-order valence-corrected chi connectivity index (χ2v) is 5.35. The molecule has 1 aromatic heterocycles. The Kier molecular flexibility index (Phi) is 2.94. The highest BCUT2D eigenvalue weighted by Gasteiger charge is 2.47. The van der Waals surface area contributed by atoms with Gasteiger partial charge in [-0.15, -0.1) is 0 Å². The lowest BCUT2D eigenvalue weighted by atomic mass is 10.0. The molecule has 0 saturated heterocycles. The molecule has 2 atom stereocenters. The van der Waals surface area contributed by atoms with Crippen molar-refractivity contribution in [2.24, 2.45) is 17.8 Å². The molecule has 1 heterocycles. The van der Waals surface area contributed by atoms with Crippen LogP contribution in [-0.2, 0) is 11.3 Å². The van der Waals surface area contributed by atoms with Crippen LogP contribution in [0, 0.1) is 17.8 Å². The summed E-state index contributed by atoms with van der Waals surface area (Å²) in [7, 11) is 1.59. The number of ether oxygens (including phenoxy) is 1. The number of fused-ring (bicyclic) bond motifs is 1. The molecule has 2 fully saturated rings. The van der Waals surface area contributed by atoms with Crippen molar-refractivity contribution in [2.45, 2.75) is 25.8 Å². The number of pyridine rings is 1. The normalized spacial score (nSPS) is 28.6. The Bertz CT molecular complexity index is 434. The molecule has 0 aliphatic heterocycles. The number of hydrogen-bond acceptors (Lipinski definition) is 3. The van der Waals surface area contributed by atoms with Gasteiger partial charge >= 0.3 is 0 Å². The highest BCUT2D eigenvalue weighted by atomic mass is 16.5. The van der Waals surface area contributed by atoms with Gasteiger partial charge in [-0.1, -0.05) is 6.07 Å². The number of hydrogen-bond donors (Lipinski definition) is 1. The van der Waals surface area contributed by atoms with Crippen molar-refractivity contribution in [1.82, 2.24) is 10.3 Å². The van der Waals surface area contributed by atoms with Gasteiger partial charge in [0, 0.05) is 24.7 Å². The average Bonchev–Trinajstić information content (AvgIpc) is 3.03. The molecule has 3 rings (SSSR count). The summed E-state index contributed by atoms with van der Waals surface area (Å²) in [6, 6.07) is 3.74. The van der Waals surface area contributed by atoms with Gasteiger partial charge in [0.25, 0.3) is 0 Å². The Morgan fingerprint density at radius 1 is 1.39 bits per heavy atom. The van der Waals surface area contributed by atoms with Crippen molar-refractivity contribution < 1.29 is 9.53 Å². The molecule has 0 aromatic carbocycles. The minimum absolute atomic E-state index is 0.206. The maximum atomic E-state index is 12.0. The Morgan fingerprint density at radius 2 is 2.17 bits per heavy atom. The third kappa shape index (κ3) is 2.33. The zero-order valence-corrected chi connectivity index (χ0v) is 10.6. The highest BCUT2D eigenvalue weighted by Crippen LogP contribution is 2.54. The van der Waals surface area contributed by atoms with Gasteiger partial charge in [0.2, 0.25) is 11.8 Å². The predicted molar refractivity (Wildman–Crippen MR) is 67.0 cm³/mol. The second kappa shape index (κ2) is 4.59. The van der Waals surface area contributed by atoms with Gasteiger partial charge in [0.15, 0.2) is 0 Å². The fraction of sp³-hybridized carbons (Fsp3) is 0.571. The first kappa shape index (κ1) is 11.5. The number of carbonyl (C=O) groups is 1. The maximum absolute atomic E-state index is 12.0. The minimum atomic E-state index is 0.206. The first-order chi connectivity index (χ1) is 8.76. The van der Waals surface area contributed by atoms with E-state index in [1.54, 1.807) is 13.3 Å². The second-order valence-electron chi connectivity index (χ2n) is 5.35. The fourth-order valence-electron chi connectivity index (χ4n) is 2.90. The van der Waals surface area contributed by atoms with Gasteiger partial charge in [-0.05, 0) is 36.7 Å². The molecule has 2 unspecified atom stereocenters. The van der Waals surface area contributed by atoms with E-state index in [9.17, 15) is 4.79 Å². The predicted octanol–water partition coefficient (Wildman–Crippen LogP) is 1.75. The van der Waals surface area contributed by atoms with E-state index < -0.39 is 0 Å². The molecule has 4 nitrogen and oxygen atoms in total. The molecule has 1 N–H and O–H groups in total. The van der Waals surface area contributed by atoms with Crippen LogP contribution in [0.5, 0.6) is 5.88 Å². The minimum Gasteiger partial charge on any atom is -0.481 e. The van der Waals surface area contributed by atoms with E-state index in [-0.39, 0.29) is 11.8 Å². The number of carbonyl (C=O) groups excluding carboxylic acids is 1. The Labute approximate surface area is 107 Å². The largest absolute Gasteiger partial charge is 0.481 e. The molecule has 2 aliphatic carbocycles. The molecular formula is C14H18N2O2. The van der Waals surface area contributed by atoms with E-state index in [0.29, 0.717) is 12.4 Å². The third-order valence-electron chi connectivity index (χ3n) is 4.09. The zero-order chi connectivity index (χ0) is 12.5. The Balaban J connectivity index is 1.49. The van der Waals surface area contributed by atoms with Crippen LogP contribution < -0.4 is 10.1 Å². The molecule has 0 spiro atoms. The summed E-state index contributed by atoms with van der Waals surface area (Å²) in [6.07, 6.45) is 5.28. The Morgan fingerprint density at radius 3 is 2.78 bits per heavy atom. The van der Waals surface area contributed by atoms with E-state index in [1.165, 1.54) is 6.42 Å². The lowest BCUT2D eigenvalue weighted by Crippen LogP contribution is -2.29. The van der Waals surface area contributed by atoms with Gasteiger partial charge < -0.3 is 10.1 Å². The standard InChI is InChI=1S/C14H18N2O2/c1-18-13-3-2-9(7-15-13)8-16-14(17)12-5-10-4-11(10)6-12/h2-3,7,10-12H,4-6,8H2,1H3,(H,16,17). The van der Waals surface area contributed by atoms with Crippen LogP contribution in [0.1, 0.15) is 24.8 Å². The molecule has 2 saturated carbocycles. The van der Waals surface area contributed by atoms with Crippen molar-refractivity contribution in [3.63, 3.8) is 0 Å². The molecule has 1 aromatic rings. The maximum Gasteiger partial charge on any atom is 0.223 e. The average molecular weight is 246 g/mol. The van der Waals surface area contributed by atoms with E-state index in [0.717, 1.165) is 30.2 Å². The van der Waals surface area contributed by atoms with Crippen LogP contribution >= 0.6 is 0 Å². The van der Waals surface area contributed by atoms with Crippen molar-refractivity contribution in [3.05, 3.63) is 23.9 Å². The monoisotopic (exact) mass is 246 g/mol. The summed E-state index contributed by atoms with van der Waals surface area (Å²) >= 11 is 0. The molecule has 4 heteroatoms. The fourth-order valence-corrected chi connectivity index (χ4v) is 2.90. The number of amides is 1. The van der Waals surface area contributed by atoms with Crippen LogP contribution in [0.15, 0.2) is 18.3 Å². The van der Waals surface area contributed by atoms with Crippen LogP contribution in [0.25, 0.3) is 0 Å². The smallest absolute Gasteiger partial charge is 0.223 e. The molecule has 18 heavy (non-hydrogen) atoms. The van der Waals surface area contributed by atoms with E-state index >= 15 is 0 Å². The number of nitrogens with one attached hydrogen (secondary N) is 1. The van der Waals surface area contributed by atoms with Gasteiger partial charge in [0.05, 0.1) is 7.11 Å². The SMILES string of the molecule is COc1ccc(CNC(=O)C2CC3CC3C2)cn1. The van der Waals surface area contributed by atoms with Gasteiger partial charge in [-0.25, -0.2) is 4.98 Å². The summed E-state index contributed by atoms with van der Waals surface area (Å²) in [5, 5.41) is 3.00. The summed E-state index contributed by atoms with van der Waals surface area (Å²) in [5.74, 6) is 2.76. The molecule has 1 amide bonds. The summed E-state index contributed by atoms with van der Waals surface area (Å²) < 4.78 is 4.99. The molecule has 0 bridgehead atoms. The van der Waals surface area contributed by atoms with Crippen LogP contribution in [0.3, 0.4) is 0 Å². The summed E-state index contributed by atoms with van der Waals surface area (Å²) in [4.78, 5) is 16.1. The van der Waals surface area contributed by atoms with Crippen LogP contribution in [-0.4, -0.2) is 18.0 Å². The molecule has 96 valence electrons. The van der Waals surface area contributed by atoms with Crippen LogP contribution in [0.2, 0.25) is 0 Å². The highest BCUT2D eigenvalue weighted by molar-refractivity contribution is 5.79. The lowest BCUT2D eigenvalue weighted by molar-refractivity contribution is -0.125. The van der Waals surface area contributed by atoms with Gasteiger partial charge in [0.1, 0.15) is 0 Å². The first-order valence-corrected chi connectivity index (χ1v) is 6.53. The molecular weight excluding hydrogens is 228 g/mol. The first-order valence-electron chi connectivity index (χ1n) is 6.53. The Hall–Kier alpha value is -1.58. The number of rotatable bonds is 4. The van der Waals surface area contributed by atoms with E-state index in [2.05, 4.69) is 10.3 Å². The van der Waals surface area contributed by atoms with E-state index in [4.69, 9.17) is 4.74 Å². The van der Waals surface area contributed by atoms with Gasteiger partial charge in [-0.2, -0.15) is 0 Å². The van der Waals surface area contributed by atoms with Crippen molar-refractivity contribution in [3.8, 4) is 5.88 Å². The van der Waals surface area contributed by atoms with Crippen molar-refractivity contribution in [1.29, 1.82) is 0 Å². The van der Waals surface area contributed by atoms with E-state index in [1.807, 2.05) is 12.1 Å². The number of nitrogens with zero attached hydrogens (tertiary/aromatic N) is 1. The van der Waals surface area contributed by atoms with Crippen LogP contribution in [0.4, 0.5) is 0 Å². The quantitative estimate of drug-likeness (QED) is 0.880. The number of aromatic nitrogens is 1. The summed E-state index contributed by atoms with van der Waals surface area (Å²) in [5.41, 5.74) is 1.01. The van der Waals surface area contributed by atoms with Crippen molar-refractivity contribution >= 4 is 5.91 Å².